The van der Waals surface area contributed by atoms with Crippen LogP contribution in [-0.2, 0) is 11.2 Å². The first-order chi connectivity index (χ1) is 9.33. The second-order valence-corrected chi connectivity index (χ2v) is 5.93. The molecule has 1 aromatic heterocycles. The lowest BCUT2D eigenvalue weighted by Gasteiger charge is -2.36. The van der Waals surface area contributed by atoms with E-state index in [9.17, 15) is 0 Å². The SMILES string of the molecule is CCCN1CCOC(C(CCc2ccsc2)NN)C1. The summed E-state index contributed by atoms with van der Waals surface area (Å²) in [6.07, 6.45) is 3.50. The van der Waals surface area contributed by atoms with Gasteiger partial charge in [-0.1, -0.05) is 6.92 Å². The van der Waals surface area contributed by atoms with Crippen molar-refractivity contribution in [2.75, 3.05) is 26.2 Å². The lowest BCUT2D eigenvalue weighted by Crippen LogP contribution is -2.54. The van der Waals surface area contributed by atoms with E-state index in [0.29, 0.717) is 0 Å². The van der Waals surface area contributed by atoms with Crippen LogP contribution in [0.4, 0.5) is 0 Å². The van der Waals surface area contributed by atoms with Gasteiger partial charge in [-0.25, -0.2) is 0 Å². The Morgan fingerprint density at radius 2 is 2.53 bits per heavy atom. The van der Waals surface area contributed by atoms with E-state index in [1.807, 2.05) is 0 Å². The molecular weight excluding hydrogens is 258 g/mol. The highest BCUT2D eigenvalue weighted by Crippen LogP contribution is 2.15. The fourth-order valence-electron chi connectivity index (χ4n) is 2.63. The minimum atomic E-state index is 0.212. The van der Waals surface area contributed by atoms with Gasteiger partial charge >= 0.3 is 0 Å². The van der Waals surface area contributed by atoms with E-state index in [4.69, 9.17) is 10.6 Å². The van der Waals surface area contributed by atoms with Crippen molar-refractivity contribution in [3.63, 3.8) is 0 Å². The molecule has 0 saturated carbocycles. The van der Waals surface area contributed by atoms with Crippen molar-refractivity contribution >= 4 is 11.3 Å². The van der Waals surface area contributed by atoms with Gasteiger partial charge in [0.15, 0.2) is 0 Å². The first kappa shape index (κ1) is 14.9. The lowest BCUT2D eigenvalue weighted by molar-refractivity contribution is -0.0475. The van der Waals surface area contributed by atoms with Gasteiger partial charge in [0.05, 0.1) is 12.7 Å². The third kappa shape index (κ3) is 4.54. The van der Waals surface area contributed by atoms with Gasteiger partial charge < -0.3 is 4.74 Å². The number of thiophene rings is 1. The molecule has 2 rings (SSSR count). The normalized spacial score (nSPS) is 22.5. The van der Waals surface area contributed by atoms with Gasteiger partial charge in [-0.2, -0.15) is 11.3 Å². The second-order valence-electron chi connectivity index (χ2n) is 5.15. The highest BCUT2D eigenvalue weighted by molar-refractivity contribution is 7.07. The van der Waals surface area contributed by atoms with Crippen molar-refractivity contribution in [1.29, 1.82) is 0 Å². The van der Waals surface area contributed by atoms with E-state index in [0.717, 1.165) is 39.1 Å². The summed E-state index contributed by atoms with van der Waals surface area (Å²) in [6.45, 7) is 6.24. The molecule has 108 valence electrons. The Hall–Kier alpha value is -0.460. The Morgan fingerprint density at radius 1 is 1.63 bits per heavy atom. The van der Waals surface area contributed by atoms with Crippen LogP contribution in [0.3, 0.4) is 0 Å². The standard InChI is InChI=1S/C14H25N3OS/c1-2-6-17-7-8-18-14(10-17)13(16-15)4-3-12-5-9-19-11-12/h5,9,11,13-14,16H,2-4,6-8,10,15H2,1H3. The maximum absolute atomic E-state index is 5.90. The molecular formula is C14H25N3OS. The Morgan fingerprint density at radius 3 is 3.21 bits per heavy atom. The molecule has 0 aromatic carbocycles. The van der Waals surface area contributed by atoms with Crippen molar-refractivity contribution in [1.82, 2.24) is 10.3 Å². The maximum atomic E-state index is 5.90. The molecule has 0 aliphatic carbocycles. The average molecular weight is 283 g/mol. The highest BCUT2D eigenvalue weighted by atomic mass is 32.1. The summed E-state index contributed by atoms with van der Waals surface area (Å²) in [7, 11) is 0. The molecule has 0 spiro atoms. The minimum Gasteiger partial charge on any atom is -0.374 e. The maximum Gasteiger partial charge on any atom is 0.0868 e. The highest BCUT2D eigenvalue weighted by Gasteiger charge is 2.26. The molecule has 1 aliphatic heterocycles. The third-order valence-electron chi connectivity index (χ3n) is 3.70. The van der Waals surface area contributed by atoms with E-state index in [-0.39, 0.29) is 12.1 Å². The number of rotatable bonds is 7. The molecule has 1 aliphatic rings. The molecule has 0 radical (unpaired) electrons. The van der Waals surface area contributed by atoms with Crippen molar-refractivity contribution in [2.45, 2.75) is 38.3 Å². The van der Waals surface area contributed by atoms with Crippen molar-refractivity contribution < 1.29 is 4.74 Å². The summed E-state index contributed by atoms with van der Waals surface area (Å²) in [5.74, 6) is 5.72. The first-order valence-corrected chi connectivity index (χ1v) is 8.09. The van der Waals surface area contributed by atoms with Crippen LogP contribution in [0, 0.1) is 0 Å². The van der Waals surface area contributed by atoms with Crippen LogP contribution >= 0.6 is 11.3 Å². The Labute approximate surface area is 119 Å². The molecule has 3 N–H and O–H groups in total. The monoisotopic (exact) mass is 283 g/mol. The Balaban J connectivity index is 1.82. The molecule has 0 amide bonds. The van der Waals surface area contributed by atoms with E-state index < -0.39 is 0 Å². The van der Waals surface area contributed by atoms with Gasteiger partial charge in [0.25, 0.3) is 0 Å². The number of hydrogen-bond acceptors (Lipinski definition) is 5. The fraction of sp³-hybridized carbons (Fsp3) is 0.714. The number of hydrazine groups is 1. The quantitative estimate of drug-likeness (QED) is 0.590. The van der Waals surface area contributed by atoms with Gasteiger partial charge in [-0.3, -0.25) is 16.2 Å². The second kappa shape index (κ2) is 7.97. The molecule has 2 unspecified atom stereocenters. The lowest BCUT2D eigenvalue weighted by atomic mass is 10.0. The topological polar surface area (TPSA) is 50.5 Å². The van der Waals surface area contributed by atoms with Crippen molar-refractivity contribution in [3.8, 4) is 0 Å². The van der Waals surface area contributed by atoms with Crippen molar-refractivity contribution in [2.24, 2.45) is 5.84 Å². The van der Waals surface area contributed by atoms with Crippen LogP contribution in [0.5, 0.6) is 0 Å². The molecule has 1 fully saturated rings. The van der Waals surface area contributed by atoms with Crippen LogP contribution in [0.25, 0.3) is 0 Å². The summed E-state index contributed by atoms with van der Waals surface area (Å²) in [5.41, 5.74) is 4.34. The number of aryl methyl sites for hydroxylation is 1. The average Bonchev–Trinajstić information content (AvgIpc) is 2.94. The first-order valence-electron chi connectivity index (χ1n) is 7.14. The minimum absolute atomic E-state index is 0.212. The zero-order chi connectivity index (χ0) is 13.5. The van der Waals surface area contributed by atoms with Gasteiger partial charge in [-0.05, 0) is 48.2 Å². The number of nitrogens with one attached hydrogen (secondary N) is 1. The number of morpholine rings is 1. The summed E-state index contributed by atoms with van der Waals surface area (Å²) in [4.78, 5) is 2.48. The Bertz CT molecular complexity index is 342. The molecule has 5 heteroatoms. The van der Waals surface area contributed by atoms with Crippen molar-refractivity contribution in [3.05, 3.63) is 22.4 Å². The van der Waals surface area contributed by atoms with Crippen LogP contribution in [0.2, 0.25) is 0 Å². The predicted octanol–water partition coefficient (Wildman–Crippen LogP) is 1.62. The van der Waals surface area contributed by atoms with Gasteiger partial charge in [0.2, 0.25) is 0 Å². The summed E-state index contributed by atoms with van der Waals surface area (Å²) < 4.78 is 5.90. The van der Waals surface area contributed by atoms with Crippen LogP contribution in [0.1, 0.15) is 25.3 Å². The molecule has 19 heavy (non-hydrogen) atoms. The molecule has 1 aromatic rings. The summed E-state index contributed by atoms with van der Waals surface area (Å²) in [6, 6.07) is 2.42. The smallest absolute Gasteiger partial charge is 0.0868 e. The van der Waals surface area contributed by atoms with E-state index in [1.165, 1.54) is 12.0 Å². The largest absolute Gasteiger partial charge is 0.374 e. The number of hydrogen-bond donors (Lipinski definition) is 2. The zero-order valence-electron chi connectivity index (χ0n) is 11.7. The molecule has 2 atom stereocenters. The zero-order valence-corrected chi connectivity index (χ0v) is 12.5. The molecule has 4 nitrogen and oxygen atoms in total. The fourth-order valence-corrected chi connectivity index (χ4v) is 3.33. The number of nitrogens with two attached hydrogens (primary N) is 1. The third-order valence-corrected chi connectivity index (χ3v) is 4.44. The van der Waals surface area contributed by atoms with Crippen LogP contribution < -0.4 is 11.3 Å². The van der Waals surface area contributed by atoms with Crippen LogP contribution in [0.15, 0.2) is 16.8 Å². The molecule has 0 bridgehead atoms. The number of ether oxygens (including phenoxy) is 1. The van der Waals surface area contributed by atoms with Gasteiger partial charge in [-0.15, -0.1) is 0 Å². The van der Waals surface area contributed by atoms with Crippen LogP contribution in [-0.4, -0.2) is 43.3 Å². The van der Waals surface area contributed by atoms with Gasteiger partial charge in [0, 0.05) is 19.1 Å². The summed E-state index contributed by atoms with van der Waals surface area (Å²) >= 11 is 1.75. The van der Waals surface area contributed by atoms with E-state index >= 15 is 0 Å². The molecule has 2 heterocycles. The molecule has 1 saturated heterocycles. The summed E-state index contributed by atoms with van der Waals surface area (Å²) in [5, 5.41) is 4.33. The number of nitrogens with zero attached hydrogens (tertiary/aromatic N) is 1. The Kier molecular flexibility index (Phi) is 6.26. The van der Waals surface area contributed by atoms with E-state index in [1.54, 1.807) is 11.3 Å². The van der Waals surface area contributed by atoms with Gasteiger partial charge in [0.1, 0.15) is 0 Å². The van der Waals surface area contributed by atoms with E-state index in [2.05, 4.69) is 34.1 Å². The predicted molar refractivity (Wildman–Crippen MR) is 80.2 cm³/mol.